The molecule has 0 spiro atoms. The molecular weight excluding hydrogens is 278 g/mol. The predicted octanol–water partition coefficient (Wildman–Crippen LogP) is 2.77. The van der Waals surface area contributed by atoms with Crippen LogP contribution >= 0.6 is 0 Å². The molecule has 0 aliphatic carbocycles. The van der Waals surface area contributed by atoms with Crippen molar-refractivity contribution < 1.29 is 9.90 Å². The van der Waals surface area contributed by atoms with E-state index in [1.807, 2.05) is 43.6 Å². The minimum atomic E-state index is -0.949. The van der Waals surface area contributed by atoms with Gasteiger partial charge in [0, 0.05) is 37.6 Å². The number of nitrogens with zero attached hydrogens (tertiary/aromatic N) is 3. The van der Waals surface area contributed by atoms with Gasteiger partial charge in [-0.25, -0.2) is 4.79 Å². The molecule has 1 aromatic carbocycles. The smallest absolute Gasteiger partial charge is 0.336 e. The van der Waals surface area contributed by atoms with Crippen molar-refractivity contribution in [3.63, 3.8) is 0 Å². The van der Waals surface area contributed by atoms with Gasteiger partial charge in [0.25, 0.3) is 0 Å². The summed E-state index contributed by atoms with van der Waals surface area (Å²) in [6.45, 7) is 0. The molecule has 0 unspecified atom stereocenters. The van der Waals surface area contributed by atoms with Crippen LogP contribution in [0.2, 0.25) is 0 Å². The van der Waals surface area contributed by atoms with Crippen molar-refractivity contribution in [2.45, 2.75) is 6.42 Å². The summed E-state index contributed by atoms with van der Waals surface area (Å²) in [6, 6.07) is 11.5. The first-order chi connectivity index (χ1) is 10.6. The summed E-state index contributed by atoms with van der Waals surface area (Å²) in [7, 11) is 1.86. The lowest BCUT2D eigenvalue weighted by molar-refractivity contribution is 0.0695. The molecule has 5 heteroatoms. The number of aryl methyl sites for hydroxylation is 1. The number of aromatic nitrogens is 3. The van der Waals surface area contributed by atoms with Crippen LogP contribution in [0.15, 0.2) is 55.0 Å². The number of carbonyl (C=O) groups is 1. The molecule has 0 bridgehead atoms. The third-order valence-electron chi connectivity index (χ3n) is 3.48. The monoisotopic (exact) mass is 293 g/mol. The average Bonchev–Trinajstić information content (AvgIpc) is 2.89. The summed E-state index contributed by atoms with van der Waals surface area (Å²) in [4.78, 5) is 15.4. The summed E-state index contributed by atoms with van der Waals surface area (Å²) < 4.78 is 1.74. The van der Waals surface area contributed by atoms with E-state index < -0.39 is 5.97 Å². The van der Waals surface area contributed by atoms with Crippen LogP contribution < -0.4 is 0 Å². The maximum absolute atomic E-state index is 11.3. The second kappa shape index (κ2) is 5.81. The molecule has 0 saturated heterocycles. The highest BCUT2D eigenvalue weighted by molar-refractivity contribution is 5.89. The van der Waals surface area contributed by atoms with Gasteiger partial charge in [0.05, 0.1) is 11.3 Å². The highest BCUT2D eigenvalue weighted by Crippen LogP contribution is 2.25. The van der Waals surface area contributed by atoms with Crippen molar-refractivity contribution in [2.24, 2.45) is 7.05 Å². The number of aromatic carboxylic acids is 1. The Balaban J connectivity index is 2.03. The van der Waals surface area contributed by atoms with Gasteiger partial charge in [0.1, 0.15) is 0 Å². The van der Waals surface area contributed by atoms with Crippen LogP contribution in [0.1, 0.15) is 21.6 Å². The molecule has 3 aromatic rings. The first-order valence-electron chi connectivity index (χ1n) is 6.89. The van der Waals surface area contributed by atoms with E-state index in [2.05, 4.69) is 10.1 Å². The van der Waals surface area contributed by atoms with Crippen molar-refractivity contribution in [1.82, 2.24) is 14.8 Å². The van der Waals surface area contributed by atoms with Gasteiger partial charge in [-0.05, 0) is 17.2 Å². The topological polar surface area (TPSA) is 68.0 Å². The fourth-order valence-corrected chi connectivity index (χ4v) is 2.48. The van der Waals surface area contributed by atoms with Crippen LogP contribution in [-0.4, -0.2) is 25.8 Å². The van der Waals surface area contributed by atoms with Crippen LogP contribution in [0.5, 0.6) is 0 Å². The van der Waals surface area contributed by atoms with Gasteiger partial charge in [-0.3, -0.25) is 9.67 Å². The fraction of sp³-hybridized carbons (Fsp3) is 0.118. The highest BCUT2D eigenvalue weighted by atomic mass is 16.4. The number of hydrogen-bond donors (Lipinski definition) is 1. The number of rotatable bonds is 4. The van der Waals surface area contributed by atoms with Crippen molar-refractivity contribution in [3.8, 4) is 11.1 Å². The standard InChI is InChI=1S/C17H15N3O2/c1-20-11-15(12-5-3-2-4-6-12)16(19-20)9-13-10-18-8-7-14(13)17(21)22/h2-8,10-11H,9H2,1H3,(H,21,22). The van der Waals surface area contributed by atoms with E-state index in [0.29, 0.717) is 12.0 Å². The summed E-state index contributed by atoms with van der Waals surface area (Å²) in [5.74, 6) is -0.949. The van der Waals surface area contributed by atoms with Gasteiger partial charge in [0.2, 0.25) is 0 Å². The van der Waals surface area contributed by atoms with Gasteiger partial charge in [-0.2, -0.15) is 5.10 Å². The zero-order valence-corrected chi connectivity index (χ0v) is 12.1. The minimum Gasteiger partial charge on any atom is -0.478 e. The number of carboxylic acid groups (broad SMARTS) is 1. The first-order valence-corrected chi connectivity index (χ1v) is 6.89. The summed E-state index contributed by atoms with van der Waals surface area (Å²) >= 11 is 0. The number of pyridine rings is 1. The molecule has 22 heavy (non-hydrogen) atoms. The third-order valence-corrected chi connectivity index (χ3v) is 3.48. The van der Waals surface area contributed by atoms with Gasteiger partial charge in [-0.1, -0.05) is 30.3 Å². The van der Waals surface area contributed by atoms with Gasteiger partial charge >= 0.3 is 5.97 Å². The second-order valence-electron chi connectivity index (χ2n) is 5.04. The van der Waals surface area contributed by atoms with Gasteiger partial charge in [0.15, 0.2) is 0 Å². The summed E-state index contributed by atoms with van der Waals surface area (Å²) in [5, 5.41) is 13.8. The zero-order valence-electron chi connectivity index (χ0n) is 12.1. The normalized spacial score (nSPS) is 10.6. The van der Waals surface area contributed by atoms with E-state index in [1.165, 1.54) is 12.3 Å². The van der Waals surface area contributed by atoms with Crippen LogP contribution in [-0.2, 0) is 13.5 Å². The van der Waals surface area contributed by atoms with E-state index in [4.69, 9.17) is 0 Å². The summed E-state index contributed by atoms with van der Waals surface area (Å²) in [6.07, 6.45) is 5.46. The van der Waals surface area contributed by atoms with Gasteiger partial charge in [-0.15, -0.1) is 0 Å². The molecule has 0 amide bonds. The second-order valence-corrected chi connectivity index (χ2v) is 5.04. The van der Waals surface area contributed by atoms with E-state index in [1.54, 1.807) is 10.9 Å². The zero-order chi connectivity index (χ0) is 15.5. The Morgan fingerprint density at radius 2 is 2.00 bits per heavy atom. The minimum absolute atomic E-state index is 0.264. The van der Waals surface area contributed by atoms with Crippen LogP contribution in [0, 0.1) is 0 Å². The molecule has 5 nitrogen and oxygen atoms in total. The Kier molecular flexibility index (Phi) is 3.70. The number of hydrogen-bond acceptors (Lipinski definition) is 3. The van der Waals surface area contributed by atoms with Crippen molar-refractivity contribution >= 4 is 5.97 Å². The van der Waals surface area contributed by atoms with Gasteiger partial charge < -0.3 is 5.11 Å². The molecule has 0 aliphatic rings. The molecule has 3 rings (SSSR count). The number of carboxylic acids is 1. The van der Waals surface area contributed by atoms with Crippen molar-refractivity contribution in [3.05, 3.63) is 71.8 Å². The lowest BCUT2D eigenvalue weighted by Gasteiger charge is -2.05. The summed E-state index contributed by atoms with van der Waals surface area (Å²) in [5.41, 5.74) is 3.82. The third kappa shape index (κ3) is 2.74. The lowest BCUT2D eigenvalue weighted by atomic mass is 10.00. The molecule has 110 valence electrons. The molecule has 0 aliphatic heterocycles. The molecule has 2 heterocycles. The fourth-order valence-electron chi connectivity index (χ4n) is 2.48. The molecule has 0 atom stereocenters. The predicted molar refractivity (Wildman–Crippen MR) is 82.6 cm³/mol. The maximum Gasteiger partial charge on any atom is 0.336 e. The van der Waals surface area contributed by atoms with Crippen LogP contribution in [0.25, 0.3) is 11.1 Å². The SMILES string of the molecule is Cn1cc(-c2ccccc2)c(Cc2cnccc2C(=O)O)n1. The van der Waals surface area contributed by atoms with Crippen molar-refractivity contribution in [2.75, 3.05) is 0 Å². The quantitative estimate of drug-likeness (QED) is 0.803. The highest BCUT2D eigenvalue weighted by Gasteiger charge is 2.15. The molecular formula is C17H15N3O2. The Morgan fingerprint density at radius 3 is 2.73 bits per heavy atom. The van der Waals surface area contributed by atoms with E-state index >= 15 is 0 Å². The van der Waals surface area contributed by atoms with Crippen LogP contribution in [0.4, 0.5) is 0 Å². The van der Waals surface area contributed by atoms with E-state index in [-0.39, 0.29) is 5.56 Å². The largest absolute Gasteiger partial charge is 0.478 e. The molecule has 0 saturated carbocycles. The molecule has 0 radical (unpaired) electrons. The maximum atomic E-state index is 11.3. The van der Waals surface area contributed by atoms with Crippen LogP contribution in [0.3, 0.4) is 0 Å². The Morgan fingerprint density at radius 1 is 1.23 bits per heavy atom. The Bertz CT molecular complexity index is 810. The lowest BCUT2D eigenvalue weighted by Crippen LogP contribution is -2.04. The molecule has 0 fully saturated rings. The van der Waals surface area contributed by atoms with E-state index in [0.717, 1.165) is 16.8 Å². The number of benzene rings is 1. The molecule has 2 aromatic heterocycles. The Labute approximate surface area is 127 Å². The van der Waals surface area contributed by atoms with Crippen molar-refractivity contribution in [1.29, 1.82) is 0 Å². The molecule has 1 N–H and O–H groups in total. The first kappa shape index (κ1) is 14.0. The van der Waals surface area contributed by atoms with E-state index in [9.17, 15) is 9.90 Å². The average molecular weight is 293 g/mol. The Hall–Kier alpha value is -2.95.